The minimum Gasteiger partial charge on any atom is -0.462 e. The molecule has 0 rings (SSSR count). The van der Waals surface area contributed by atoms with Crippen molar-refractivity contribution in [2.75, 3.05) is 13.2 Å². The number of hydrogen-bond donors (Lipinski definition) is 0. The Hall–Kier alpha value is -3.15. The molecule has 0 heterocycles. The second-order valence-electron chi connectivity index (χ2n) is 23.1. The lowest BCUT2D eigenvalue weighted by Gasteiger charge is -2.18. The second-order valence-corrected chi connectivity index (χ2v) is 23.1. The minimum absolute atomic E-state index is 0.0811. The van der Waals surface area contributed by atoms with Gasteiger partial charge in [-0.05, 0) is 116 Å². The summed E-state index contributed by atoms with van der Waals surface area (Å²) < 4.78 is 17.0. The van der Waals surface area contributed by atoms with Gasteiger partial charge in [0.05, 0.1) is 0 Å². The van der Waals surface area contributed by atoms with Crippen LogP contribution < -0.4 is 0 Å². The Morgan fingerprint density at radius 2 is 0.456 bits per heavy atom. The minimum atomic E-state index is -0.785. The molecule has 1 unspecified atom stereocenters. The highest BCUT2D eigenvalue weighted by molar-refractivity contribution is 5.71. The van der Waals surface area contributed by atoms with Crippen LogP contribution in [0.2, 0.25) is 0 Å². The summed E-state index contributed by atoms with van der Waals surface area (Å²) in [6.07, 6.45) is 87.7. The average molecular weight is 1100 g/mol. The molecule has 0 aromatic carbocycles. The molecule has 0 saturated carbocycles. The van der Waals surface area contributed by atoms with Crippen molar-refractivity contribution in [1.29, 1.82) is 0 Å². The largest absolute Gasteiger partial charge is 0.462 e. The molecule has 458 valence electrons. The highest BCUT2D eigenvalue weighted by Gasteiger charge is 2.19. The van der Waals surface area contributed by atoms with E-state index in [2.05, 4.69) is 93.7 Å². The zero-order valence-corrected chi connectivity index (χ0v) is 52.6. The fourth-order valence-corrected chi connectivity index (χ4v) is 9.95. The van der Waals surface area contributed by atoms with Crippen LogP contribution in [-0.4, -0.2) is 37.2 Å². The first-order chi connectivity index (χ1) is 39.0. The molecule has 0 saturated heterocycles. The average Bonchev–Trinajstić information content (AvgIpc) is 3.45. The van der Waals surface area contributed by atoms with Crippen molar-refractivity contribution in [2.45, 2.75) is 361 Å². The molecular formula is C73H130O6. The van der Waals surface area contributed by atoms with E-state index in [1.807, 2.05) is 0 Å². The van der Waals surface area contributed by atoms with Gasteiger partial charge in [0.2, 0.25) is 0 Å². The molecule has 0 aliphatic carbocycles. The van der Waals surface area contributed by atoms with Gasteiger partial charge in [0.25, 0.3) is 0 Å². The third kappa shape index (κ3) is 65.5. The van der Waals surface area contributed by atoms with Crippen molar-refractivity contribution in [3.63, 3.8) is 0 Å². The summed E-state index contributed by atoms with van der Waals surface area (Å²) in [6, 6.07) is 0. The SMILES string of the molecule is CCCCC/C=C\C/C=C\CCCCCCCCCC(=O)OCC(COC(=O)CCCCCCCCCC/C=C\C/C=C\C/C=C\CCCCCCC)OC(=O)CCCCCCCCCCC/C=C\CCCCCCCCCC. The summed E-state index contributed by atoms with van der Waals surface area (Å²) in [5.74, 6) is -0.879. The highest BCUT2D eigenvalue weighted by atomic mass is 16.6. The topological polar surface area (TPSA) is 78.9 Å². The summed E-state index contributed by atoms with van der Waals surface area (Å²) in [4.78, 5) is 38.4. The zero-order valence-electron chi connectivity index (χ0n) is 52.6. The fourth-order valence-electron chi connectivity index (χ4n) is 9.95. The summed E-state index contributed by atoms with van der Waals surface area (Å²) >= 11 is 0. The molecule has 0 fully saturated rings. The van der Waals surface area contributed by atoms with Crippen molar-refractivity contribution in [3.05, 3.63) is 72.9 Å². The van der Waals surface area contributed by atoms with Gasteiger partial charge < -0.3 is 14.2 Å². The van der Waals surface area contributed by atoms with Crippen LogP contribution >= 0.6 is 0 Å². The quantitative estimate of drug-likeness (QED) is 0.0261. The lowest BCUT2D eigenvalue weighted by atomic mass is 10.1. The molecule has 6 nitrogen and oxygen atoms in total. The summed E-state index contributed by atoms with van der Waals surface area (Å²) in [5.41, 5.74) is 0. The normalized spacial score (nSPS) is 12.5. The van der Waals surface area contributed by atoms with Gasteiger partial charge in [0.15, 0.2) is 6.10 Å². The maximum absolute atomic E-state index is 13.0. The molecule has 6 heteroatoms. The van der Waals surface area contributed by atoms with E-state index in [4.69, 9.17) is 14.2 Å². The summed E-state index contributed by atoms with van der Waals surface area (Å²) in [7, 11) is 0. The van der Waals surface area contributed by atoms with E-state index in [9.17, 15) is 14.4 Å². The van der Waals surface area contributed by atoms with Crippen molar-refractivity contribution >= 4 is 17.9 Å². The molecule has 1 atom stereocenters. The van der Waals surface area contributed by atoms with Crippen molar-refractivity contribution in [1.82, 2.24) is 0 Å². The van der Waals surface area contributed by atoms with Crippen LogP contribution in [0.4, 0.5) is 0 Å². The maximum Gasteiger partial charge on any atom is 0.306 e. The molecule has 0 aliphatic heterocycles. The van der Waals surface area contributed by atoms with Gasteiger partial charge in [0.1, 0.15) is 13.2 Å². The lowest BCUT2D eigenvalue weighted by molar-refractivity contribution is -0.167. The van der Waals surface area contributed by atoms with Gasteiger partial charge >= 0.3 is 17.9 Å². The molecule has 0 spiro atoms. The Morgan fingerprint density at radius 3 is 0.747 bits per heavy atom. The van der Waals surface area contributed by atoms with Crippen molar-refractivity contribution < 1.29 is 28.6 Å². The number of hydrogen-bond acceptors (Lipinski definition) is 6. The Kier molecular flexibility index (Phi) is 64.7. The van der Waals surface area contributed by atoms with Crippen LogP contribution in [0.1, 0.15) is 355 Å². The second kappa shape index (κ2) is 67.4. The first-order valence-electron chi connectivity index (χ1n) is 34.4. The molecule has 0 amide bonds. The molecule has 0 bridgehead atoms. The molecule has 0 aromatic rings. The molecule has 0 aliphatic rings. The van der Waals surface area contributed by atoms with Gasteiger partial charge in [-0.25, -0.2) is 0 Å². The van der Waals surface area contributed by atoms with Gasteiger partial charge in [0, 0.05) is 19.3 Å². The number of unbranched alkanes of at least 4 members (excludes halogenated alkanes) is 40. The van der Waals surface area contributed by atoms with Crippen LogP contribution in [0.3, 0.4) is 0 Å². The number of rotatable bonds is 63. The standard InChI is InChI=1S/C73H130O6/c1-4-7-10-13-16-19-22-25-28-31-33-35-36-38-39-42-45-48-51-54-57-60-63-66-72(75)78-69-70(68-77-71(74)65-62-59-56-53-50-47-44-41-30-27-24-21-18-15-12-9-6-3)79-73(76)67-64-61-58-55-52-49-46-43-40-37-34-32-29-26-23-20-17-14-11-8-5-2/h18,21-22,25,27,30-34,36,38,70H,4-17,19-20,23-24,26,28-29,35,37,39-69H2,1-3H3/b21-18-,25-22-,30-27-,33-31-,34-32-,38-36-. The Balaban J connectivity index is 4.38. The lowest BCUT2D eigenvalue weighted by Crippen LogP contribution is -2.30. The third-order valence-electron chi connectivity index (χ3n) is 15.2. The Labute approximate surface area is 491 Å². The predicted molar refractivity (Wildman–Crippen MR) is 344 cm³/mol. The maximum atomic E-state index is 13.0. The third-order valence-corrected chi connectivity index (χ3v) is 15.2. The number of carbonyl (C=O) groups excluding carboxylic acids is 3. The van der Waals surface area contributed by atoms with Gasteiger partial charge in [-0.1, -0.05) is 293 Å². The van der Waals surface area contributed by atoms with E-state index in [0.29, 0.717) is 19.3 Å². The van der Waals surface area contributed by atoms with E-state index >= 15 is 0 Å². The van der Waals surface area contributed by atoms with Gasteiger partial charge in [-0.15, -0.1) is 0 Å². The van der Waals surface area contributed by atoms with E-state index in [1.165, 1.54) is 225 Å². The summed E-state index contributed by atoms with van der Waals surface area (Å²) in [6.45, 7) is 6.64. The molecule has 79 heavy (non-hydrogen) atoms. The van der Waals surface area contributed by atoms with Gasteiger partial charge in [-0.3, -0.25) is 14.4 Å². The molecule has 0 aromatic heterocycles. The highest BCUT2D eigenvalue weighted by Crippen LogP contribution is 2.17. The van der Waals surface area contributed by atoms with E-state index < -0.39 is 6.10 Å². The van der Waals surface area contributed by atoms with Crippen LogP contribution in [0.25, 0.3) is 0 Å². The predicted octanol–water partition coefficient (Wildman–Crippen LogP) is 23.7. The molecule has 0 N–H and O–H groups in total. The van der Waals surface area contributed by atoms with Gasteiger partial charge in [-0.2, -0.15) is 0 Å². The van der Waals surface area contributed by atoms with Crippen molar-refractivity contribution in [2.24, 2.45) is 0 Å². The summed E-state index contributed by atoms with van der Waals surface area (Å²) in [5, 5.41) is 0. The van der Waals surface area contributed by atoms with E-state index in [1.54, 1.807) is 0 Å². The monoisotopic (exact) mass is 1100 g/mol. The van der Waals surface area contributed by atoms with Crippen LogP contribution in [0, 0.1) is 0 Å². The van der Waals surface area contributed by atoms with Crippen LogP contribution in [0.15, 0.2) is 72.9 Å². The number of esters is 3. The Morgan fingerprint density at radius 1 is 0.253 bits per heavy atom. The number of carbonyl (C=O) groups is 3. The first-order valence-corrected chi connectivity index (χ1v) is 34.4. The van der Waals surface area contributed by atoms with E-state index in [-0.39, 0.29) is 31.1 Å². The molecular weight excluding hydrogens is 973 g/mol. The molecule has 0 radical (unpaired) electrons. The van der Waals surface area contributed by atoms with Crippen LogP contribution in [0.5, 0.6) is 0 Å². The number of allylic oxidation sites excluding steroid dienone is 12. The van der Waals surface area contributed by atoms with Crippen molar-refractivity contribution in [3.8, 4) is 0 Å². The van der Waals surface area contributed by atoms with Crippen LogP contribution in [-0.2, 0) is 28.6 Å². The van der Waals surface area contributed by atoms with E-state index in [0.717, 1.165) is 89.9 Å². The fraction of sp³-hybridized carbons (Fsp3) is 0.795. The Bertz CT molecular complexity index is 1450. The smallest absolute Gasteiger partial charge is 0.306 e. The number of ether oxygens (including phenoxy) is 3. The first kappa shape index (κ1) is 75.8. The zero-order chi connectivity index (χ0) is 57.1.